The average Bonchev–Trinajstić information content (AvgIpc) is 2.72. The molecule has 3 aromatic rings. The van der Waals surface area contributed by atoms with Gasteiger partial charge in [-0.1, -0.05) is 42.5 Å². The fraction of sp³-hybridized carbons (Fsp3) is 0.100. The van der Waals surface area contributed by atoms with Crippen molar-refractivity contribution in [1.29, 1.82) is 0 Å². The number of nitrogen functional groups attached to an aromatic ring is 1. The Morgan fingerprint density at radius 1 is 1.00 bits per heavy atom. The molecule has 0 bridgehead atoms. The summed E-state index contributed by atoms with van der Waals surface area (Å²) in [6.07, 6.45) is 1.49. The molecule has 1 aromatic heterocycles. The zero-order valence-corrected chi connectivity index (χ0v) is 14.8. The number of hydrogen-bond acceptors (Lipinski definition) is 5. The Morgan fingerprint density at radius 3 is 2.37 bits per heavy atom. The first-order valence-electron chi connectivity index (χ1n) is 8.35. The summed E-state index contributed by atoms with van der Waals surface area (Å²) in [5, 5.41) is 5.36. The second-order valence-electron chi connectivity index (χ2n) is 5.81. The van der Waals surface area contributed by atoms with Crippen molar-refractivity contribution < 1.29 is 9.59 Å². The lowest BCUT2D eigenvalue weighted by Gasteiger charge is -2.08. The number of anilines is 1. The first-order chi connectivity index (χ1) is 13.1. The van der Waals surface area contributed by atoms with Crippen LogP contribution in [0.4, 0.5) is 5.82 Å². The van der Waals surface area contributed by atoms with Gasteiger partial charge in [-0.2, -0.15) is 0 Å². The number of aromatic nitrogens is 2. The van der Waals surface area contributed by atoms with Gasteiger partial charge in [-0.05, 0) is 17.7 Å². The van der Waals surface area contributed by atoms with E-state index in [0.29, 0.717) is 17.8 Å². The van der Waals surface area contributed by atoms with Crippen LogP contribution in [0.1, 0.15) is 26.4 Å². The van der Waals surface area contributed by atoms with Crippen LogP contribution in [0.15, 0.2) is 60.8 Å². The quantitative estimate of drug-likeness (QED) is 0.644. The summed E-state index contributed by atoms with van der Waals surface area (Å²) in [5.41, 5.74) is 8.56. The number of rotatable bonds is 5. The zero-order valence-electron chi connectivity index (χ0n) is 14.8. The maximum absolute atomic E-state index is 12.3. The molecule has 0 aliphatic rings. The van der Waals surface area contributed by atoms with E-state index in [0.717, 1.165) is 11.1 Å². The van der Waals surface area contributed by atoms with Crippen molar-refractivity contribution in [3.05, 3.63) is 77.6 Å². The van der Waals surface area contributed by atoms with Gasteiger partial charge < -0.3 is 16.4 Å². The molecule has 4 N–H and O–H groups in total. The van der Waals surface area contributed by atoms with E-state index < -0.39 is 5.91 Å². The van der Waals surface area contributed by atoms with Gasteiger partial charge in [0.1, 0.15) is 0 Å². The molecular weight excluding hydrogens is 342 g/mol. The Labute approximate surface area is 156 Å². The lowest BCUT2D eigenvalue weighted by atomic mass is 10.1. The maximum Gasteiger partial charge on any atom is 0.273 e. The summed E-state index contributed by atoms with van der Waals surface area (Å²) in [4.78, 5) is 32.4. The molecule has 0 radical (unpaired) electrons. The van der Waals surface area contributed by atoms with Crippen LogP contribution in [-0.2, 0) is 6.54 Å². The van der Waals surface area contributed by atoms with E-state index in [2.05, 4.69) is 20.6 Å². The smallest absolute Gasteiger partial charge is 0.273 e. The third-order valence-corrected chi connectivity index (χ3v) is 3.98. The minimum Gasteiger partial charge on any atom is -0.382 e. The molecule has 3 rings (SSSR count). The molecule has 2 amide bonds. The molecule has 136 valence electrons. The molecule has 0 atom stereocenters. The molecule has 0 aliphatic carbocycles. The van der Waals surface area contributed by atoms with Crippen molar-refractivity contribution >= 4 is 17.6 Å². The normalized spacial score (nSPS) is 10.3. The highest BCUT2D eigenvalue weighted by molar-refractivity contribution is 5.97. The highest BCUT2D eigenvalue weighted by Gasteiger charge is 2.13. The summed E-state index contributed by atoms with van der Waals surface area (Å²) in [7, 11) is 1.50. The largest absolute Gasteiger partial charge is 0.382 e. The molecule has 0 saturated heterocycles. The van der Waals surface area contributed by atoms with Crippen molar-refractivity contribution in [2.24, 2.45) is 0 Å². The summed E-state index contributed by atoms with van der Waals surface area (Å²) in [6.45, 7) is 0.459. The van der Waals surface area contributed by atoms with Crippen LogP contribution < -0.4 is 16.4 Å². The highest BCUT2D eigenvalue weighted by atomic mass is 16.2. The van der Waals surface area contributed by atoms with E-state index in [1.54, 1.807) is 24.3 Å². The number of carbonyl (C=O) groups is 2. The summed E-state index contributed by atoms with van der Waals surface area (Å²) in [6, 6.07) is 16.6. The van der Waals surface area contributed by atoms with Crippen molar-refractivity contribution in [1.82, 2.24) is 20.6 Å². The molecule has 1 heterocycles. The van der Waals surface area contributed by atoms with Crippen molar-refractivity contribution in [3.8, 4) is 11.3 Å². The second kappa shape index (κ2) is 8.09. The highest BCUT2D eigenvalue weighted by Crippen LogP contribution is 2.19. The van der Waals surface area contributed by atoms with Gasteiger partial charge in [0.2, 0.25) is 0 Å². The SMILES string of the molecule is CNC(=O)c1nc(-c2ccc(C(=O)NCc3ccccc3)cc2)cnc1N. The molecule has 0 aliphatic heterocycles. The first-order valence-corrected chi connectivity index (χ1v) is 8.35. The predicted octanol–water partition coefficient (Wildman–Crippen LogP) is 2.02. The number of benzene rings is 2. The number of carbonyl (C=O) groups excluding carboxylic acids is 2. The van der Waals surface area contributed by atoms with Gasteiger partial charge in [0.05, 0.1) is 11.9 Å². The van der Waals surface area contributed by atoms with Gasteiger partial charge in [-0.25, -0.2) is 9.97 Å². The first kappa shape index (κ1) is 18.1. The fourth-order valence-corrected chi connectivity index (χ4v) is 2.50. The molecule has 0 unspecified atom stereocenters. The van der Waals surface area contributed by atoms with E-state index in [4.69, 9.17) is 5.73 Å². The van der Waals surface area contributed by atoms with Gasteiger partial charge in [0.15, 0.2) is 11.5 Å². The van der Waals surface area contributed by atoms with Crippen LogP contribution in [0.25, 0.3) is 11.3 Å². The fourth-order valence-electron chi connectivity index (χ4n) is 2.50. The van der Waals surface area contributed by atoms with E-state index in [-0.39, 0.29) is 17.4 Å². The Kier molecular flexibility index (Phi) is 5.41. The number of hydrogen-bond donors (Lipinski definition) is 3. The summed E-state index contributed by atoms with van der Waals surface area (Å²) >= 11 is 0. The Balaban J connectivity index is 1.73. The molecule has 27 heavy (non-hydrogen) atoms. The Bertz CT molecular complexity index is 956. The van der Waals surface area contributed by atoms with E-state index >= 15 is 0 Å². The van der Waals surface area contributed by atoms with E-state index in [9.17, 15) is 9.59 Å². The number of nitrogens with two attached hydrogens (primary N) is 1. The van der Waals surface area contributed by atoms with Crippen LogP contribution in [0.2, 0.25) is 0 Å². The predicted molar refractivity (Wildman–Crippen MR) is 103 cm³/mol. The topological polar surface area (TPSA) is 110 Å². The minimum atomic E-state index is -0.404. The third kappa shape index (κ3) is 4.27. The third-order valence-electron chi connectivity index (χ3n) is 3.98. The monoisotopic (exact) mass is 361 g/mol. The number of nitrogens with zero attached hydrogens (tertiary/aromatic N) is 2. The lowest BCUT2D eigenvalue weighted by Crippen LogP contribution is -2.22. The van der Waals surface area contributed by atoms with Crippen LogP contribution in [0, 0.1) is 0 Å². The van der Waals surface area contributed by atoms with Crippen LogP contribution in [0.5, 0.6) is 0 Å². The molecule has 0 fully saturated rings. The van der Waals surface area contributed by atoms with E-state index in [1.165, 1.54) is 13.2 Å². The van der Waals surface area contributed by atoms with Crippen LogP contribution in [0.3, 0.4) is 0 Å². The number of amides is 2. The Hall–Kier alpha value is -3.74. The molecule has 7 nitrogen and oxygen atoms in total. The maximum atomic E-state index is 12.3. The van der Waals surface area contributed by atoms with Crippen LogP contribution in [-0.4, -0.2) is 28.8 Å². The van der Waals surface area contributed by atoms with Gasteiger partial charge in [-0.3, -0.25) is 9.59 Å². The second-order valence-corrected chi connectivity index (χ2v) is 5.81. The lowest BCUT2D eigenvalue weighted by molar-refractivity contribution is 0.0946. The van der Waals surface area contributed by atoms with Crippen molar-refractivity contribution in [2.75, 3.05) is 12.8 Å². The van der Waals surface area contributed by atoms with Crippen molar-refractivity contribution in [3.63, 3.8) is 0 Å². The van der Waals surface area contributed by atoms with Crippen LogP contribution >= 0.6 is 0 Å². The number of nitrogens with one attached hydrogen (secondary N) is 2. The molecule has 2 aromatic carbocycles. The molecule has 0 spiro atoms. The molecule has 7 heteroatoms. The van der Waals surface area contributed by atoms with Gasteiger partial charge in [0, 0.05) is 24.7 Å². The van der Waals surface area contributed by atoms with Gasteiger partial charge in [0.25, 0.3) is 11.8 Å². The molecule has 0 saturated carbocycles. The van der Waals surface area contributed by atoms with Gasteiger partial charge >= 0.3 is 0 Å². The Morgan fingerprint density at radius 2 is 1.70 bits per heavy atom. The average molecular weight is 361 g/mol. The summed E-state index contributed by atoms with van der Waals surface area (Å²) < 4.78 is 0. The minimum absolute atomic E-state index is 0.0648. The molecular formula is C20H19N5O2. The van der Waals surface area contributed by atoms with Crippen molar-refractivity contribution in [2.45, 2.75) is 6.54 Å². The summed E-state index contributed by atoms with van der Waals surface area (Å²) in [5.74, 6) is -0.506. The standard InChI is InChI=1S/C20H19N5O2/c1-22-20(27)17-18(21)23-12-16(25-17)14-7-9-15(10-8-14)19(26)24-11-13-5-3-2-4-6-13/h2-10,12H,11H2,1H3,(H2,21,23)(H,22,27)(H,24,26). The zero-order chi connectivity index (χ0) is 19.2. The van der Waals surface area contributed by atoms with E-state index in [1.807, 2.05) is 30.3 Å². The van der Waals surface area contributed by atoms with Gasteiger partial charge in [-0.15, -0.1) is 0 Å².